The zero-order chi connectivity index (χ0) is 16.8. The lowest BCUT2D eigenvalue weighted by Crippen LogP contribution is -2.30. The molecule has 5 nitrogen and oxygen atoms in total. The molecule has 1 unspecified atom stereocenters. The molecule has 0 aliphatic carbocycles. The highest BCUT2D eigenvalue weighted by Gasteiger charge is 2.19. The van der Waals surface area contributed by atoms with Crippen LogP contribution in [0, 0.1) is 5.82 Å². The van der Waals surface area contributed by atoms with E-state index in [0.29, 0.717) is 5.75 Å². The van der Waals surface area contributed by atoms with Crippen LogP contribution in [0.15, 0.2) is 48.5 Å². The number of para-hydroxylation sites is 1. The maximum absolute atomic E-state index is 12.9. The Morgan fingerprint density at radius 2 is 1.78 bits per heavy atom. The molecule has 6 heteroatoms. The van der Waals surface area contributed by atoms with E-state index in [1.165, 1.54) is 25.1 Å². The van der Waals surface area contributed by atoms with Crippen molar-refractivity contribution in [3.05, 3.63) is 65.5 Å². The van der Waals surface area contributed by atoms with Crippen LogP contribution >= 0.6 is 0 Å². The largest absolute Gasteiger partial charge is 0.488 e. The minimum Gasteiger partial charge on any atom is -0.488 e. The molecule has 2 rings (SSSR count). The highest BCUT2D eigenvalue weighted by Crippen LogP contribution is 2.21. The van der Waals surface area contributed by atoms with Gasteiger partial charge in [-0.1, -0.05) is 24.3 Å². The lowest BCUT2D eigenvalue weighted by Gasteiger charge is -2.13. The van der Waals surface area contributed by atoms with Crippen molar-refractivity contribution in [3.8, 4) is 5.75 Å². The molecule has 0 fully saturated rings. The summed E-state index contributed by atoms with van der Waals surface area (Å²) < 4.78 is 23.4. The summed E-state index contributed by atoms with van der Waals surface area (Å²) >= 11 is 0. The van der Waals surface area contributed by atoms with Crippen molar-refractivity contribution in [1.82, 2.24) is 0 Å². The van der Waals surface area contributed by atoms with Gasteiger partial charge in [-0.25, -0.2) is 9.18 Å². The molecule has 0 radical (unpaired) electrons. The number of amides is 1. The number of esters is 1. The Kier molecular flexibility index (Phi) is 5.30. The van der Waals surface area contributed by atoms with Crippen molar-refractivity contribution in [2.45, 2.75) is 19.6 Å². The molecule has 0 aliphatic heterocycles. The number of carbonyl (C=O) groups excluding carboxylic acids is 2. The number of hydrogen-bond acceptors (Lipinski definition) is 4. The maximum atomic E-state index is 12.9. The van der Waals surface area contributed by atoms with Gasteiger partial charge in [-0.05, 0) is 36.8 Å². The van der Waals surface area contributed by atoms with E-state index in [-0.39, 0.29) is 18.0 Å². The van der Waals surface area contributed by atoms with Gasteiger partial charge in [0.25, 0.3) is 5.91 Å². The first-order valence-corrected chi connectivity index (χ1v) is 6.94. The Morgan fingerprint density at radius 3 is 2.43 bits per heavy atom. The fourth-order valence-electron chi connectivity index (χ4n) is 1.78. The van der Waals surface area contributed by atoms with Crippen LogP contribution in [-0.2, 0) is 16.1 Å². The van der Waals surface area contributed by atoms with Crippen LogP contribution in [0.4, 0.5) is 4.39 Å². The van der Waals surface area contributed by atoms with Gasteiger partial charge in [0.05, 0.1) is 0 Å². The van der Waals surface area contributed by atoms with Crippen LogP contribution in [-0.4, -0.2) is 18.0 Å². The topological polar surface area (TPSA) is 78.6 Å². The van der Waals surface area contributed by atoms with Gasteiger partial charge in [0.2, 0.25) is 0 Å². The summed E-state index contributed by atoms with van der Waals surface area (Å²) in [6.45, 7) is 1.55. The summed E-state index contributed by atoms with van der Waals surface area (Å²) in [5.74, 6) is -1.47. The van der Waals surface area contributed by atoms with Crippen molar-refractivity contribution >= 4 is 11.9 Å². The summed E-state index contributed by atoms with van der Waals surface area (Å²) in [4.78, 5) is 23.0. The monoisotopic (exact) mass is 317 g/mol. The highest BCUT2D eigenvalue weighted by atomic mass is 19.1. The van der Waals surface area contributed by atoms with Gasteiger partial charge in [0.1, 0.15) is 23.7 Å². The molecule has 0 aliphatic rings. The lowest BCUT2D eigenvalue weighted by molar-refractivity contribution is -0.125. The van der Waals surface area contributed by atoms with Gasteiger partial charge >= 0.3 is 5.97 Å². The molecule has 0 heterocycles. The molecular weight excluding hydrogens is 301 g/mol. The molecular formula is C17H16FNO4. The Labute approximate surface area is 132 Å². The van der Waals surface area contributed by atoms with Gasteiger partial charge in [0, 0.05) is 0 Å². The summed E-state index contributed by atoms with van der Waals surface area (Å²) in [5, 5.41) is 0. The molecule has 0 aromatic heterocycles. The summed E-state index contributed by atoms with van der Waals surface area (Å²) in [6.07, 6.45) is -1.03. The van der Waals surface area contributed by atoms with Crippen LogP contribution < -0.4 is 10.5 Å². The van der Waals surface area contributed by atoms with Gasteiger partial charge in [0.15, 0.2) is 6.10 Å². The molecule has 0 spiro atoms. The van der Waals surface area contributed by atoms with E-state index >= 15 is 0 Å². The molecule has 23 heavy (non-hydrogen) atoms. The van der Waals surface area contributed by atoms with Crippen LogP contribution in [0.5, 0.6) is 5.75 Å². The van der Waals surface area contributed by atoms with Crippen LogP contribution in [0.25, 0.3) is 0 Å². The first-order chi connectivity index (χ1) is 11.0. The van der Waals surface area contributed by atoms with E-state index in [2.05, 4.69) is 0 Å². The first kappa shape index (κ1) is 16.5. The van der Waals surface area contributed by atoms with E-state index in [9.17, 15) is 14.0 Å². The number of benzene rings is 2. The Bertz CT molecular complexity index is 700. The average Bonchev–Trinajstić information content (AvgIpc) is 2.54. The Hall–Kier alpha value is -2.89. The first-order valence-electron chi connectivity index (χ1n) is 6.94. The standard InChI is InChI=1S/C17H16FNO4/c1-11(16(19)20)23-17(21)14-4-2-3-5-15(14)22-10-12-6-8-13(18)9-7-12/h2-9,11H,10H2,1H3,(H2,19,20). The number of carbonyl (C=O) groups is 2. The van der Waals surface area contributed by atoms with Crippen molar-refractivity contribution < 1.29 is 23.5 Å². The van der Waals surface area contributed by atoms with Crippen molar-refractivity contribution in [1.29, 1.82) is 0 Å². The molecule has 2 N–H and O–H groups in total. The third-order valence-corrected chi connectivity index (χ3v) is 3.10. The van der Waals surface area contributed by atoms with Crippen LogP contribution in [0.1, 0.15) is 22.8 Å². The van der Waals surface area contributed by atoms with Crippen LogP contribution in [0.2, 0.25) is 0 Å². The second-order valence-corrected chi connectivity index (χ2v) is 4.86. The maximum Gasteiger partial charge on any atom is 0.342 e. The molecule has 0 bridgehead atoms. The number of hydrogen-bond donors (Lipinski definition) is 1. The van der Waals surface area contributed by atoms with E-state index in [0.717, 1.165) is 5.56 Å². The van der Waals surface area contributed by atoms with Crippen molar-refractivity contribution in [2.75, 3.05) is 0 Å². The number of ether oxygens (including phenoxy) is 2. The van der Waals surface area contributed by atoms with E-state index in [4.69, 9.17) is 15.2 Å². The smallest absolute Gasteiger partial charge is 0.342 e. The zero-order valence-electron chi connectivity index (χ0n) is 12.5. The number of nitrogens with two attached hydrogens (primary N) is 1. The zero-order valence-corrected chi connectivity index (χ0v) is 12.5. The molecule has 2 aromatic rings. The number of primary amides is 1. The number of rotatable bonds is 6. The Morgan fingerprint density at radius 1 is 1.13 bits per heavy atom. The normalized spacial score (nSPS) is 11.6. The molecule has 1 atom stereocenters. The molecule has 0 saturated carbocycles. The third kappa shape index (κ3) is 4.54. The second-order valence-electron chi connectivity index (χ2n) is 4.86. The third-order valence-electron chi connectivity index (χ3n) is 3.10. The predicted octanol–water partition coefficient (Wildman–Crippen LogP) is 2.44. The highest BCUT2D eigenvalue weighted by molar-refractivity contribution is 5.94. The fraction of sp³-hybridized carbons (Fsp3) is 0.176. The molecule has 1 amide bonds. The predicted molar refractivity (Wildman–Crippen MR) is 81.2 cm³/mol. The minimum atomic E-state index is -1.03. The molecule has 2 aromatic carbocycles. The lowest BCUT2D eigenvalue weighted by atomic mass is 10.2. The van der Waals surface area contributed by atoms with Gasteiger partial charge in [-0.2, -0.15) is 0 Å². The SMILES string of the molecule is CC(OC(=O)c1ccccc1OCc1ccc(F)cc1)C(N)=O. The molecule has 120 valence electrons. The van der Waals surface area contributed by atoms with Gasteiger partial charge < -0.3 is 15.2 Å². The number of halogens is 1. The van der Waals surface area contributed by atoms with Crippen molar-refractivity contribution in [2.24, 2.45) is 5.73 Å². The quantitative estimate of drug-likeness (QED) is 0.830. The molecule has 0 saturated heterocycles. The summed E-state index contributed by atoms with van der Waals surface area (Å²) in [6, 6.07) is 12.3. The fourth-order valence-corrected chi connectivity index (χ4v) is 1.78. The summed E-state index contributed by atoms with van der Waals surface area (Å²) in [7, 11) is 0. The van der Waals surface area contributed by atoms with E-state index < -0.39 is 18.0 Å². The van der Waals surface area contributed by atoms with E-state index in [1.807, 2.05) is 0 Å². The van der Waals surface area contributed by atoms with Gasteiger partial charge in [-0.15, -0.1) is 0 Å². The Balaban J connectivity index is 2.09. The van der Waals surface area contributed by atoms with Crippen molar-refractivity contribution in [3.63, 3.8) is 0 Å². The second kappa shape index (κ2) is 7.40. The van der Waals surface area contributed by atoms with E-state index in [1.54, 1.807) is 30.3 Å². The van der Waals surface area contributed by atoms with Gasteiger partial charge in [-0.3, -0.25) is 4.79 Å². The average molecular weight is 317 g/mol. The minimum absolute atomic E-state index is 0.163. The van der Waals surface area contributed by atoms with Crippen LogP contribution in [0.3, 0.4) is 0 Å². The summed E-state index contributed by atoms with van der Waals surface area (Å²) in [5.41, 5.74) is 6.00.